The van der Waals surface area contributed by atoms with Crippen LogP contribution in [0.4, 0.5) is 0 Å². The summed E-state index contributed by atoms with van der Waals surface area (Å²) in [7, 11) is 0. The lowest BCUT2D eigenvalue weighted by molar-refractivity contribution is 0.460. The molecule has 0 saturated carbocycles. The standard InChI is InChI=1S/C9H15N3/c1-7-3-4-12-6-10-11-9(12)8(2)5-7/h6-8H,3-5H2,1-2H3. The fourth-order valence-electron chi connectivity index (χ4n) is 2.00. The molecule has 0 aromatic carbocycles. The van der Waals surface area contributed by atoms with Crippen LogP contribution in [0.15, 0.2) is 6.33 Å². The van der Waals surface area contributed by atoms with E-state index in [2.05, 4.69) is 28.6 Å². The molecule has 2 heterocycles. The minimum Gasteiger partial charge on any atom is -0.317 e. The maximum Gasteiger partial charge on any atom is 0.135 e. The van der Waals surface area contributed by atoms with Gasteiger partial charge in [-0.1, -0.05) is 13.8 Å². The Balaban J connectivity index is 2.29. The van der Waals surface area contributed by atoms with Crippen LogP contribution in [0.2, 0.25) is 0 Å². The van der Waals surface area contributed by atoms with E-state index in [9.17, 15) is 0 Å². The Morgan fingerprint density at radius 2 is 2.33 bits per heavy atom. The predicted octanol–water partition coefficient (Wildman–Crippen LogP) is 1.81. The number of rotatable bonds is 0. The molecule has 2 atom stereocenters. The Labute approximate surface area is 72.8 Å². The number of hydrogen-bond donors (Lipinski definition) is 0. The molecule has 0 fully saturated rings. The van der Waals surface area contributed by atoms with Crippen molar-refractivity contribution in [3.05, 3.63) is 12.2 Å². The van der Waals surface area contributed by atoms with Gasteiger partial charge in [0.1, 0.15) is 12.2 Å². The van der Waals surface area contributed by atoms with Gasteiger partial charge in [-0.15, -0.1) is 10.2 Å². The third-order valence-electron chi connectivity index (χ3n) is 2.70. The van der Waals surface area contributed by atoms with Gasteiger partial charge >= 0.3 is 0 Å². The van der Waals surface area contributed by atoms with Crippen LogP contribution in [-0.4, -0.2) is 14.8 Å². The van der Waals surface area contributed by atoms with Crippen molar-refractivity contribution in [3.63, 3.8) is 0 Å². The van der Waals surface area contributed by atoms with Crippen LogP contribution >= 0.6 is 0 Å². The molecule has 1 aromatic rings. The first-order valence-corrected chi connectivity index (χ1v) is 4.65. The van der Waals surface area contributed by atoms with E-state index in [1.807, 2.05) is 6.33 Å². The smallest absolute Gasteiger partial charge is 0.135 e. The fourth-order valence-corrected chi connectivity index (χ4v) is 2.00. The second-order valence-electron chi connectivity index (χ2n) is 3.91. The summed E-state index contributed by atoms with van der Waals surface area (Å²) in [6, 6.07) is 0. The van der Waals surface area contributed by atoms with Gasteiger partial charge in [0.25, 0.3) is 0 Å². The molecule has 0 bridgehead atoms. The van der Waals surface area contributed by atoms with Gasteiger partial charge in [0.05, 0.1) is 0 Å². The molecule has 0 aliphatic carbocycles. The van der Waals surface area contributed by atoms with Crippen LogP contribution in [0.25, 0.3) is 0 Å². The average molecular weight is 165 g/mol. The molecule has 2 rings (SSSR count). The lowest BCUT2D eigenvalue weighted by Gasteiger charge is -2.09. The van der Waals surface area contributed by atoms with Crippen LogP contribution in [0.1, 0.15) is 38.4 Å². The van der Waals surface area contributed by atoms with E-state index >= 15 is 0 Å². The highest BCUT2D eigenvalue weighted by Crippen LogP contribution is 2.27. The highest BCUT2D eigenvalue weighted by atomic mass is 15.3. The van der Waals surface area contributed by atoms with Crippen molar-refractivity contribution in [1.82, 2.24) is 14.8 Å². The number of nitrogens with zero attached hydrogens (tertiary/aromatic N) is 3. The lowest BCUT2D eigenvalue weighted by Crippen LogP contribution is -2.02. The maximum atomic E-state index is 4.15. The van der Waals surface area contributed by atoms with Gasteiger partial charge in [-0.25, -0.2) is 0 Å². The first kappa shape index (κ1) is 7.77. The summed E-state index contributed by atoms with van der Waals surface area (Å²) >= 11 is 0. The summed E-state index contributed by atoms with van der Waals surface area (Å²) in [4.78, 5) is 0. The quantitative estimate of drug-likeness (QED) is 0.587. The molecular formula is C9H15N3. The van der Waals surface area contributed by atoms with Gasteiger partial charge < -0.3 is 4.57 Å². The summed E-state index contributed by atoms with van der Waals surface area (Å²) in [5.74, 6) is 2.56. The van der Waals surface area contributed by atoms with E-state index in [0.717, 1.165) is 12.5 Å². The molecule has 1 aliphatic rings. The number of aryl methyl sites for hydroxylation is 1. The van der Waals surface area contributed by atoms with Crippen LogP contribution in [-0.2, 0) is 6.54 Å². The van der Waals surface area contributed by atoms with Crippen molar-refractivity contribution >= 4 is 0 Å². The number of hydrogen-bond acceptors (Lipinski definition) is 2. The van der Waals surface area contributed by atoms with E-state index in [4.69, 9.17) is 0 Å². The summed E-state index contributed by atoms with van der Waals surface area (Å²) < 4.78 is 2.19. The molecule has 3 nitrogen and oxygen atoms in total. The molecule has 0 amide bonds. The predicted molar refractivity (Wildman–Crippen MR) is 46.8 cm³/mol. The highest BCUT2D eigenvalue weighted by molar-refractivity contribution is 4.96. The molecular weight excluding hydrogens is 150 g/mol. The van der Waals surface area contributed by atoms with E-state index in [1.165, 1.54) is 18.7 Å². The Kier molecular flexibility index (Phi) is 1.87. The molecule has 1 aliphatic heterocycles. The molecule has 2 unspecified atom stereocenters. The number of aromatic nitrogens is 3. The molecule has 1 aromatic heterocycles. The largest absolute Gasteiger partial charge is 0.317 e. The molecule has 0 radical (unpaired) electrons. The highest BCUT2D eigenvalue weighted by Gasteiger charge is 2.20. The van der Waals surface area contributed by atoms with E-state index < -0.39 is 0 Å². The Morgan fingerprint density at radius 1 is 1.50 bits per heavy atom. The zero-order chi connectivity index (χ0) is 8.55. The maximum absolute atomic E-state index is 4.15. The van der Waals surface area contributed by atoms with E-state index in [0.29, 0.717) is 5.92 Å². The van der Waals surface area contributed by atoms with Crippen LogP contribution in [0, 0.1) is 5.92 Å². The Morgan fingerprint density at radius 3 is 3.17 bits per heavy atom. The molecule has 3 heteroatoms. The van der Waals surface area contributed by atoms with Crippen molar-refractivity contribution in [2.75, 3.05) is 0 Å². The van der Waals surface area contributed by atoms with Gasteiger partial charge in [0.2, 0.25) is 0 Å². The molecule has 0 saturated heterocycles. The third-order valence-corrected chi connectivity index (χ3v) is 2.70. The molecule has 0 N–H and O–H groups in total. The second kappa shape index (κ2) is 2.88. The molecule has 66 valence electrons. The van der Waals surface area contributed by atoms with Crippen molar-refractivity contribution in [2.45, 2.75) is 39.2 Å². The Bertz CT molecular complexity index is 266. The van der Waals surface area contributed by atoms with Gasteiger partial charge in [0, 0.05) is 12.5 Å². The summed E-state index contributed by atoms with van der Waals surface area (Å²) in [5.41, 5.74) is 0. The van der Waals surface area contributed by atoms with Gasteiger partial charge in [-0.05, 0) is 18.8 Å². The van der Waals surface area contributed by atoms with Crippen LogP contribution in [0.3, 0.4) is 0 Å². The third kappa shape index (κ3) is 1.24. The first-order chi connectivity index (χ1) is 5.77. The second-order valence-corrected chi connectivity index (χ2v) is 3.91. The summed E-state index contributed by atoms with van der Waals surface area (Å²) in [5, 5.41) is 8.08. The fraction of sp³-hybridized carbons (Fsp3) is 0.778. The number of fused-ring (bicyclic) bond motifs is 1. The van der Waals surface area contributed by atoms with E-state index in [1.54, 1.807) is 0 Å². The summed E-state index contributed by atoms with van der Waals surface area (Å²) in [6.07, 6.45) is 4.36. The van der Waals surface area contributed by atoms with Crippen molar-refractivity contribution in [2.24, 2.45) is 5.92 Å². The van der Waals surface area contributed by atoms with Gasteiger partial charge in [-0.3, -0.25) is 0 Å². The normalized spacial score (nSPS) is 29.5. The van der Waals surface area contributed by atoms with Crippen LogP contribution < -0.4 is 0 Å². The SMILES string of the molecule is CC1CCn2cnnc2C(C)C1. The minimum absolute atomic E-state index is 0.574. The van der Waals surface area contributed by atoms with Gasteiger partial charge in [-0.2, -0.15) is 0 Å². The lowest BCUT2D eigenvalue weighted by atomic mass is 9.96. The Hall–Kier alpha value is -0.860. The first-order valence-electron chi connectivity index (χ1n) is 4.65. The van der Waals surface area contributed by atoms with Gasteiger partial charge in [0.15, 0.2) is 0 Å². The molecule has 0 spiro atoms. The van der Waals surface area contributed by atoms with Crippen LogP contribution in [0.5, 0.6) is 0 Å². The zero-order valence-corrected chi connectivity index (χ0v) is 7.70. The molecule has 12 heavy (non-hydrogen) atoms. The van der Waals surface area contributed by atoms with Crippen molar-refractivity contribution in [3.8, 4) is 0 Å². The monoisotopic (exact) mass is 165 g/mol. The van der Waals surface area contributed by atoms with E-state index in [-0.39, 0.29) is 0 Å². The topological polar surface area (TPSA) is 30.7 Å². The minimum atomic E-state index is 0.574. The zero-order valence-electron chi connectivity index (χ0n) is 7.70. The van der Waals surface area contributed by atoms with Crippen molar-refractivity contribution < 1.29 is 0 Å². The average Bonchev–Trinajstić information content (AvgIpc) is 2.43. The van der Waals surface area contributed by atoms with Crippen molar-refractivity contribution in [1.29, 1.82) is 0 Å². The summed E-state index contributed by atoms with van der Waals surface area (Å²) in [6.45, 7) is 5.65.